The Kier molecular flexibility index (Phi) is 6.50. The molecule has 6 heteroatoms. The largest absolute Gasteiger partial charge is 0.401 e. The van der Waals surface area contributed by atoms with Gasteiger partial charge in [-0.3, -0.25) is 4.90 Å². The molecule has 0 saturated carbocycles. The lowest BCUT2D eigenvalue weighted by atomic mass is 9.97. The van der Waals surface area contributed by atoms with Crippen molar-refractivity contribution in [3.05, 3.63) is 0 Å². The van der Waals surface area contributed by atoms with Crippen LogP contribution >= 0.6 is 0 Å². The molecule has 0 saturated heterocycles. The molecule has 0 fully saturated rings. The minimum absolute atomic E-state index is 0.394. The topological polar surface area (TPSA) is 39.1 Å². The average molecular weight is 251 g/mol. The zero-order chi connectivity index (χ0) is 13.5. The van der Waals surface area contributed by atoms with Crippen molar-refractivity contribution in [3.63, 3.8) is 0 Å². The van der Waals surface area contributed by atoms with E-state index in [1.807, 2.05) is 0 Å². The summed E-state index contributed by atoms with van der Waals surface area (Å²) in [4.78, 5) is 1.25. The Morgan fingerprint density at radius 3 is 2.29 bits per heavy atom. The second kappa shape index (κ2) is 6.82. The molecule has 0 aromatic rings. The summed E-state index contributed by atoms with van der Waals surface area (Å²) in [5.74, 6) is 0. The van der Waals surface area contributed by atoms with E-state index in [9.17, 15) is 13.2 Å². The molecule has 0 amide bonds. The maximum Gasteiger partial charge on any atom is 0.401 e. The summed E-state index contributed by atoms with van der Waals surface area (Å²) in [6, 6.07) is 2.15. The van der Waals surface area contributed by atoms with Gasteiger partial charge in [-0.1, -0.05) is 0 Å². The van der Waals surface area contributed by atoms with E-state index in [0.29, 0.717) is 19.4 Å². The number of hydrogen-bond donors (Lipinski definition) is 1. The predicted molar refractivity (Wildman–Crippen MR) is 60.5 cm³/mol. The fraction of sp³-hybridized carbons (Fsp3) is 0.909. The highest BCUT2D eigenvalue weighted by Gasteiger charge is 2.28. The van der Waals surface area contributed by atoms with Crippen LogP contribution in [0.25, 0.3) is 0 Å². The van der Waals surface area contributed by atoms with Crippen molar-refractivity contribution in [2.24, 2.45) is 0 Å². The van der Waals surface area contributed by atoms with Gasteiger partial charge in [-0.25, -0.2) is 0 Å². The first kappa shape index (κ1) is 16.2. The Morgan fingerprint density at radius 2 is 1.88 bits per heavy atom. The van der Waals surface area contributed by atoms with E-state index in [4.69, 9.17) is 5.26 Å². The standard InChI is InChI=1S/C11H20F3N3/c1-10(8-15,16-2)6-4-5-7-17(3)9-11(12,13)14/h16H,4-7,9H2,1-3H3. The summed E-state index contributed by atoms with van der Waals surface area (Å²) in [6.45, 7) is 1.30. The molecule has 0 heterocycles. The Bertz CT molecular complexity index is 260. The Balaban J connectivity index is 3.76. The van der Waals surface area contributed by atoms with Crippen molar-refractivity contribution >= 4 is 0 Å². The van der Waals surface area contributed by atoms with Crippen LogP contribution in [0.5, 0.6) is 0 Å². The van der Waals surface area contributed by atoms with E-state index in [1.165, 1.54) is 11.9 Å². The molecule has 100 valence electrons. The van der Waals surface area contributed by atoms with Crippen LogP contribution < -0.4 is 5.32 Å². The molecule has 1 atom stereocenters. The van der Waals surface area contributed by atoms with E-state index in [2.05, 4.69) is 11.4 Å². The summed E-state index contributed by atoms with van der Waals surface area (Å²) in [6.07, 6.45) is -2.11. The minimum atomic E-state index is -4.14. The number of nitriles is 1. The summed E-state index contributed by atoms with van der Waals surface area (Å²) in [5, 5.41) is 11.8. The van der Waals surface area contributed by atoms with Gasteiger partial charge in [0.1, 0.15) is 5.54 Å². The van der Waals surface area contributed by atoms with Crippen molar-refractivity contribution in [2.75, 3.05) is 27.2 Å². The fourth-order valence-corrected chi connectivity index (χ4v) is 1.48. The monoisotopic (exact) mass is 251 g/mol. The molecule has 0 aliphatic heterocycles. The molecule has 0 aromatic carbocycles. The SMILES string of the molecule is CNC(C)(C#N)CCCCN(C)CC(F)(F)F. The smallest absolute Gasteiger partial charge is 0.303 e. The van der Waals surface area contributed by atoms with Gasteiger partial charge in [0.05, 0.1) is 12.6 Å². The molecule has 0 rings (SSSR count). The second-order valence-electron chi connectivity index (χ2n) is 4.50. The van der Waals surface area contributed by atoms with Crippen molar-refractivity contribution < 1.29 is 13.2 Å². The first-order chi connectivity index (χ1) is 7.72. The molecule has 3 nitrogen and oxygen atoms in total. The molecule has 0 radical (unpaired) electrons. The molecule has 0 spiro atoms. The average Bonchev–Trinajstić information content (AvgIpc) is 2.21. The first-order valence-corrected chi connectivity index (χ1v) is 5.58. The maximum atomic E-state index is 12.0. The lowest BCUT2D eigenvalue weighted by Crippen LogP contribution is -2.38. The van der Waals surface area contributed by atoms with Gasteiger partial charge >= 0.3 is 6.18 Å². The summed E-state index contributed by atoms with van der Waals surface area (Å²) in [5.41, 5.74) is -0.581. The maximum absolute atomic E-state index is 12.0. The highest BCUT2D eigenvalue weighted by Crippen LogP contribution is 2.16. The van der Waals surface area contributed by atoms with E-state index in [0.717, 1.165) is 6.42 Å². The highest BCUT2D eigenvalue weighted by molar-refractivity contribution is 5.02. The zero-order valence-corrected chi connectivity index (χ0v) is 10.6. The van der Waals surface area contributed by atoms with Crippen LogP contribution in [0, 0.1) is 11.3 Å². The van der Waals surface area contributed by atoms with Crippen LogP contribution in [0.15, 0.2) is 0 Å². The molecule has 0 aliphatic carbocycles. The van der Waals surface area contributed by atoms with Crippen molar-refractivity contribution in [1.82, 2.24) is 10.2 Å². The van der Waals surface area contributed by atoms with Crippen molar-refractivity contribution in [1.29, 1.82) is 5.26 Å². The number of unbranched alkanes of at least 4 members (excludes halogenated alkanes) is 1. The molecule has 17 heavy (non-hydrogen) atoms. The number of rotatable bonds is 7. The van der Waals surface area contributed by atoms with Gasteiger partial charge in [0.25, 0.3) is 0 Å². The van der Waals surface area contributed by atoms with E-state index in [-0.39, 0.29) is 0 Å². The van der Waals surface area contributed by atoms with Gasteiger partial charge in [0, 0.05) is 0 Å². The van der Waals surface area contributed by atoms with E-state index in [1.54, 1.807) is 14.0 Å². The summed E-state index contributed by atoms with van der Waals surface area (Å²) in [7, 11) is 3.16. The quantitative estimate of drug-likeness (QED) is 0.705. The van der Waals surface area contributed by atoms with Crippen LogP contribution in [0.4, 0.5) is 13.2 Å². The Labute approximate surface area is 101 Å². The van der Waals surface area contributed by atoms with Crippen molar-refractivity contribution in [2.45, 2.75) is 37.9 Å². The van der Waals surface area contributed by atoms with E-state index >= 15 is 0 Å². The minimum Gasteiger partial charge on any atom is -0.303 e. The molecular weight excluding hydrogens is 231 g/mol. The third kappa shape index (κ3) is 8.00. The van der Waals surface area contributed by atoms with Gasteiger partial charge < -0.3 is 5.32 Å². The highest BCUT2D eigenvalue weighted by atomic mass is 19.4. The number of hydrogen-bond acceptors (Lipinski definition) is 3. The molecule has 0 aliphatic rings. The number of halogens is 3. The summed E-state index contributed by atoms with van der Waals surface area (Å²) < 4.78 is 36.1. The van der Waals surface area contributed by atoms with Crippen LogP contribution in [0.3, 0.4) is 0 Å². The van der Waals surface area contributed by atoms with Crippen LogP contribution in [0.2, 0.25) is 0 Å². The number of nitrogens with zero attached hydrogens (tertiary/aromatic N) is 2. The Morgan fingerprint density at radius 1 is 1.29 bits per heavy atom. The Hall–Kier alpha value is -0.800. The van der Waals surface area contributed by atoms with E-state index < -0.39 is 18.3 Å². The first-order valence-electron chi connectivity index (χ1n) is 5.58. The van der Waals surface area contributed by atoms with Gasteiger partial charge in [0.2, 0.25) is 0 Å². The molecule has 0 aromatic heterocycles. The third-order valence-corrected chi connectivity index (χ3v) is 2.71. The van der Waals surface area contributed by atoms with Crippen LogP contribution in [0.1, 0.15) is 26.2 Å². The second-order valence-corrected chi connectivity index (χ2v) is 4.50. The van der Waals surface area contributed by atoms with Crippen molar-refractivity contribution in [3.8, 4) is 6.07 Å². The van der Waals surface area contributed by atoms with Gasteiger partial charge in [0.15, 0.2) is 0 Å². The lowest BCUT2D eigenvalue weighted by molar-refractivity contribution is -0.143. The molecular formula is C11H20F3N3. The van der Waals surface area contributed by atoms with Crippen LogP contribution in [-0.4, -0.2) is 43.8 Å². The normalized spacial score (nSPS) is 15.6. The fourth-order valence-electron chi connectivity index (χ4n) is 1.48. The van der Waals surface area contributed by atoms with Gasteiger partial charge in [-0.2, -0.15) is 18.4 Å². The zero-order valence-electron chi connectivity index (χ0n) is 10.6. The van der Waals surface area contributed by atoms with Gasteiger partial charge in [-0.15, -0.1) is 0 Å². The molecule has 0 bridgehead atoms. The number of nitrogens with one attached hydrogen (secondary N) is 1. The summed E-state index contributed by atoms with van der Waals surface area (Å²) >= 11 is 0. The molecule has 1 N–H and O–H groups in total. The van der Waals surface area contributed by atoms with Crippen LogP contribution in [-0.2, 0) is 0 Å². The third-order valence-electron chi connectivity index (χ3n) is 2.71. The van der Waals surface area contributed by atoms with Gasteiger partial charge in [-0.05, 0) is 46.8 Å². The number of alkyl halides is 3. The lowest BCUT2D eigenvalue weighted by Gasteiger charge is -2.22. The predicted octanol–water partition coefficient (Wildman–Crippen LogP) is 2.15. The molecule has 1 unspecified atom stereocenters.